The Bertz CT molecular complexity index is 973. The highest BCUT2D eigenvalue weighted by atomic mass is 32.2. The summed E-state index contributed by atoms with van der Waals surface area (Å²) in [5.74, 6) is 1.47. The summed E-state index contributed by atoms with van der Waals surface area (Å²) in [5.41, 5.74) is 2.17. The lowest BCUT2D eigenvalue weighted by Crippen LogP contribution is -2.37. The number of hydrogen-bond donors (Lipinski definition) is 0. The smallest absolute Gasteiger partial charge is 0.211 e. The molecule has 1 aliphatic rings. The maximum atomic E-state index is 12.3. The summed E-state index contributed by atoms with van der Waals surface area (Å²) < 4.78 is 33.0. The van der Waals surface area contributed by atoms with E-state index in [-0.39, 0.29) is 17.1 Å². The van der Waals surface area contributed by atoms with Gasteiger partial charge < -0.3 is 4.74 Å². The van der Waals surface area contributed by atoms with E-state index < -0.39 is 10.0 Å². The largest absolute Gasteiger partial charge is 0.497 e. The number of aromatic nitrogens is 3. The van der Waals surface area contributed by atoms with Crippen LogP contribution in [0.25, 0.3) is 0 Å². The lowest BCUT2D eigenvalue weighted by atomic mass is 10.2. The molecule has 0 N–H and O–H groups in total. The van der Waals surface area contributed by atoms with E-state index in [4.69, 9.17) is 4.74 Å². The van der Waals surface area contributed by atoms with Gasteiger partial charge in [-0.15, -0.1) is 5.10 Å². The highest BCUT2D eigenvalue weighted by Gasteiger charge is 2.38. The Labute approximate surface area is 175 Å². The molecule has 0 amide bonds. The Morgan fingerprint density at radius 2 is 2.00 bits per heavy atom. The van der Waals surface area contributed by atoms with E-state index in [1.807, 2.05) is 24.3 Å². The van der Waals surface area contributed by atoms with Crippen molar-refractivity contribution in [2.24, 2.45) is 0 Å². The monoisotopic (exact) mass is 438 g/mol. The Kier molecular flexibility index (Phi) is 6.65. The van der Waals surface area contributed by atoms with Crippen molar-refractivity contribution in [2.75, 3.05) is 19.9 Å². The molecule has 3 rings (SSSR count). The summed E-state index contributed by atoms with van der Waals surface area (Å²) in [7, 11) is -1.71. The fourth-order valence-electron chi connectivity index (χ4n) is 3.53. The molecule has 0 spiro atoms. The van der Waals surface area contributed by atoms with Gasteiger partial charge >= 0.3 is 0 Å². The van der Waals surface area contributed by atoms with Gasteiger partial charge in [0.1, 0.15) is 5.75 Å². The second kappa shape index (κ2) is 8.85. The van der Waals surface area contributed by atoms with Crippen LogP contribution in [0.15, 0.2) is 24.3 Å². The van der Waals surface area contributed by atoms with E-state index in [0.29, 0.717) is 24.5 Å². The van der Waals surface area contributed by atoms with Gasteiger partial charge in [-0.3, -0.25) is 4.79 Å². The molecule has 158 valence electrons. The van der Waals surface area contributed by atoms with Crippen LogP contribution in [-0.2, 0) is 22.3 Å². The number of rotatable bonds is 8. The third-order valence-corrected chi connectivity index (χ3v) is 7.71. The molecule has 1 aliphatic heterocycles. The minimum Gasteiger partial charge on any atom is -0.497 e. The lowest BCUT2D eigenvalue weighted by Gasteiger charge is -2.22. The van der Waals surface area contributed by atoms with Crippen molar-refractivity contribution in [1.82, 2.24) is 19.3 Å². The van der Waals surface area contributed by atoms with Crippen LogP contribution >= 0.6 is 11.8 Å². The first-order valence-corrected chi connectivity index (χ1v) is 12.2. The van der Waals surface area contributed by atoms with Gasteiger partial charge in [-0.05, 0) is 31.0 Å². The number of carbonyl (C=O) groups is 1. The third-order valence-electron chi connectivity index (χ3n) is 5.10. The molecule has 0 saturated carbocycles. The zero-order chi connectivity index (χ0) is 21.2. The Morgan fingerprint density at radius 3 is 2.55 bits per heavy atom. The summed E-state index contributed by atoms with van der Waals surface area (Å²) in [6.07, 6.45) is 1.97. The number of ether oxygens (including phenoxy) is 1. The van der Waals surface area contributed by atoms with Gasteiger partial charge in [0.25, 0.3) is 0 Å². The number of sulfonamides is 1. The van der Waals surface area contributed by atoms with Crippen LogP contribution in [-0.4, -0.2) is 64.7 Å². The van der Waals surface area contributed by atoms with Gasteiger partial charge in [-0.25, -0.2) is 13.1 Å². The second-order valence-corrected chi connectivity index (χ2v) is 10.5. The molecular weight excluding hydrogens is 412 g/mol. The number of hydrogen-bond acceptors (Lipinski definition) is 7. The highest BCUT2D eigenvalue weighted by Crippen LogP contribution is 2.32. The molecule has 2 unspecified atom stereocenters. The number of methoxy groups -OCH3 is 1. The van der Waals surface area contributed by atoms with Crippen LogP contribution in [0.1, 0.15) is 35.1 Å². The molecule has 2 aromatic rings. The molecule has 0 aliphatic carbocycles. The van der Waals surface area contributed by atoms with Gasteiger partial charge in [0.2, 0.25) is 10.0 Å². The van der Waals surface area contributed by atoms with E-state index in [1.165, 1.54) is 18.7 Å². The van der Waals surface area contributed by atoms with Crippen LogP contribution in [0.4, 0.5) is 0 Å². The predicted octanol–water partition coefficient (Wildman–Crippen LogP) is 2.13. The minimum atomic E-state index is -3.34. The predicted molar refractivity (Wildman–Crippen MR) is 113 cm³/mol. The van der Waals surface area contributed by atoms with Crippen LogP contribution < -0.4 is 4.74 Å². The summed E-state index contributed by atoms with van der Waals surface area (Å²) in [6.45, 7) is 4.09. The summed E-state index contributed by atoms with van der Waals surface area (Å²) in [6, 6.07) is 7.69. The quantitative estimate of drug-likeness (QED) is 0.583. The number of ketones is 1. The van der Waals surface area contributed by atoms with Crippen molar-refractivity contribution in [3.05, 3.63) is 41.2 Å². The maximum absolute atomic E-state index is 12.3. The molecule has 2 atom stereocenters. The first-order chi connectivity index (χ1) is 13.7. The van der Waals surface area contributed by atoms with Gasteiger partial charge in [0.05, 0.1) is 25.6 Å². The van der Waals surface area contributed by atoms with Crippen LogP contribution in [0, 0.1) is 6.92 Å². The number of carbonyl (C=O) groups excluding carboxylic acids is 1. The molecule has 29 heavy (non-hydrogen) atoms. The van der Waals surface area contributed by atoms with E-state index in [0.717, 1.165) is 17.9 Å². The standard InChI is InChI=1S/C19H26N4O4S2/c1-13-19(14(2)24)20-21-22(13)10-16-9-18(11-23(16)29(4,25)26)28-12-15-5-7-17(27-3)8-6-15/h5-8,16,18H,9-12H2,1-4H3. The van der Waals surface area contributed by atoms with Crippen LogP contribution in [0.3, 0.4) is 0 Å². The third kappa shape index (κ3) is 5.18. The molecule has 10 heteroatoms. The van der Waals surface area contributed by atoms with Gasteiger partial charge in [0, 0.05) is 30.5 Å². The molecule has 1 aromatic carbocycles. The van der Waals surface area contributed by atoms with Crippen molar-refractivity contribution in [2.45, 2.75) is 43.9 Å². The van der Waals surface area contributed by atoms with Crippen molar-refractivity contribution >= 4 is 27.6 Å². The molecule has 8 nitrogen and oxygen atoms in total. The Hall–Kier alpha value is -1.91. The fraction of sp³-hybridized carbons (Fsp3) is 0.526. The topological polar surface area (TPSA) is 94.4 Å². The van der Waals surface area contributed by atoms with E-state index in [9.17, 15) is 13.2 Å². The SMILES string of the molecule is COc1ccc(CSC2CC(Cn3nnc(C(C)=O)c3C)N(S(C)(=O)=O)C2)cc1. The first-order valence-electron chi connectivity index (χ1n) is 9.31. The van der Waals surface area contributed by atoms with E-state index in [1.54, 1.807) is 34.8 Å². The lowest BCUT2D eigenvalue weighted by molar-refractivity contribution is 0.101. The second-order valence-electron chi connectivity index (χ2n) is 7.27. The number of nitrogens with zero attached hydrogens (tertiary/aromatic N) is 4. The summed E-state index contributed by atoms with van der Waals surface area (Å²) in [5, 5.41) is 8.18. The molecule has 1 aromatic heterocycles. The zero-order valence-corrected chi connectivity index (χ0v) is 18.7. The fourth-order valence-corrected chi connectivity index (χ4v) is 6.02. The minimum absolute atomic E-state index is 0.145. The van der Waals surface area contributed by atoms with Crippen LogP contribution in [0.5, 0.6) is 5.75 Å². The van der Waals surface area contributed by atoms with Crippen molar-refractivity contribution in [3.63, 3.8) is 0 Å². The van der Waals surface area contributed by atoms with Crippen molar-refractivity contribution in [3.8, 4) is 5.75 Å². The molecule has 0 radical (unpaired) electrons. The van der Waals surface area contributed by atoms with Gasteiger partial charge in [-0.1, -0.05) is 17.3 Å². The normalized spacial score (nSPS) is 20.1. The Balaban J connectivity index is 1.69. The van der Waals surface area contributed by atoms with Crippen molar-refractivity contribution < 1.29 is 17.9 Å². The summed E-state index contributed by atoms with van der Waals surface area (Å²) >= 11 is 1.75. The highest BCUT2D eigenvalue weighted by molar-refractivity contribution is 7.99. The average Bonchev–Trinajstić information content (AvgIpc) is 3.24. The molecular formula is C19H26N4O4S2. The first kappa shape index (κ1) is 21.8. The maximum Gasteiger partial charge on any atom is 0.211 e. The zero-order valence-electron chi connectivity index (χ0n) is 17.0. The van der Waals surface area contributed by atoms with Crippen molar-refractivity contribution in [1.29, 1.82) is 0 Å². The van der Waals surface area contributed by atoms with Crippen LogP contribution in [0.2, 0.25) is 0 Å². The number of thioether (sulfide) groups is 1. The van der Waals surface area contributed by atoms with Gasteiger partial charge in [-0.2, -0.15) is 16.1 Å². The van der Waals surface area contributed by atoms with E-state index in [2.05, 4.69) is 10.3 Å². The molecule has 2 heterocycles. The molecule has 1 saturated heterocycles. The number of benzene rings is 1. The van der Waals surface area contributed by atoms with Gasteiger partial charge in [0.15, 0.2) is 11.5 Å². The summed E-state index contributed by atoms with van der Waals surface area (Å²) in [4.78, 5) is 11.6. The Morgan fingerprint density at radius 1 is 1.31 bits per heavy atom. The molecule has 1 fully saturated rings. The van der Waals surface area contributed by atoms with E-state index >= 15 is 0 Å². The average molecular weight is 439 g/mol. The molecule has 0 bridgehead atoms. The number of Topliss-reactive ketones (excluding diaryl/α,β-unsaturated/α-hetero) is 1.